The third-order valence-corrected chi connectivity index (χ3v) is 5.10. The van der Waals surface area contributed by atoms with Crippen LogP contribution in [0, 0.1) is 13.8 Å². The fourth-order valence-corrected chi connectivity index (χ4v) is 3.67. The van der Waals surface area contributed by atoms with E-state index in [-0.39, 0.29) is 30.5 Å². The minimum atomic E-state index is -1.07. The van der Waals surface area contributed by atoms with Gasteiger partial charge in [-0.25, -0.2) is 4.99 Å². The van der Waals surface area contributed by atoms with Gasteiger partial charge < -0.3 is 24.9 Å². The zero-order chi connectivity index (χ0) is 19.9. The van der Waals surface area contributed by atoms with E-state index in [1.54, 1.807) is 14.0 Å². The van der Waals surface area contributed by atoms with Gasteiger partial charge in [-0.2, -0.15) is 0 Å². The number of ether oxygens (including phenoxy) is 1. The highest BCUT2D eigenvalue weighted by Gasteiger charge is 2.28. The van der Waals surface area contributed by atoms with Crippen LogP contribution >= 0.6 is 24.0 Å². The van der Waals surface area contributed by atoms with Crippen molar-refractivity contribution in [2.45, 2.75) is 52.2 Å². The lowest BCUT2D eigenvalue weighted by Gasteiger charge is -2.26. The number of nitrogens with zero attached hydrogens (tertiary/aromatic N) is 2. The molecule has 28 heavy (non-hydrogen) atoms. The van der Waals surface area contributed by atoms with Gasteiger partial charge >= 0.3 is 0 Å². The maximum Gasteiger partial charge on any atom is 0.191 e. The lowest BCUT2D eigenvalue weighted by Crippen LogP contribution is -2.46. The Hall–Kier alpha value is -0.840. The molecule has 0 aliphatic carbocycles. The summed E-state index contributed by atoms with van der Waals surface area (Å²) in [6.07, 6.45) is 2.40. The molecule has 1 aliphatic heterocycles. The Morgan fingerprint density at radius 2 is 2.18 bits per heavy atom. The first-order valence-corrected chi connectivity index (χ1v) is 9.92. The molecule has 2 unspecified atom stereocenters. The van der Waals surface area contributed by atoms with Crippen molar-refractivity contribution in [1.29, 1.82) is 0 Å². The van der Waals surface area contributed by atoms with E-state index in [0.717, 1.165) is 55.8 Å². The first-order valence-electron chi connectivity index (χ1n) is 9.92. The molecule has 7 nitrogen and oxygen atoms in total. The highest BCUT2D eigenvalue weighted by Crippen LogP contribution is 2.27. The van der Waals surface area contributed by atoms with E-state index in [0.29, 0.717) is 6.04 Å². The largest absolute Gasteiger partial charge is 0.466 e. The number of aliphatic imine (C=N–C) groups is 1. The van der Waals surface area contributed by atoms with Crippen molar-refractivity contribution in [1.82, 2.24) is 15.5 Å². The average molecular weight is 508 g/mol. The lowest BCUT2D eigenvalue weighted by molar-refractivity contribution is 0.0656. The predicted molar refractivity (Wildman–Crippen MR) is 124 cm³/mol. The number of aryl methyl sites for hydroxylation is 2. The molecule has 0 radical (unpaired) electrons. The molecule has 2 heterocycles. The van der Waals surface area contributed by atoms with Gasteiger partial charge in [0.25, 0.3) is 0 Å². The summed E-state index contributed by atoms with van der Waals surface area (Å²) in [5.74, 6) is 2.27. The minimum Gasteiger partial charge on any atom is -0.466 e. The monoisotopic (exact) mass is 508 g/mol. The molecule has 0 aromatic carbocycles. The van der Waals surface area contributed by atoms with Crippen molar-refractivity contribution in [3.8, 4) is 0 Å². The van der Waals surface area contributed by atoms with Crippen LogP contribution in [0.2, 0.25) is 0 Å². The maximum atomic E-state index is 10.9. The molecule has 2 rings (SSSR count). The van der Waals surface area contributed by atoms with E-state index in [1.165, 1.54) is 12.8 Å². The summed E-state index contributed by atoms with van der Waals surface area (Å²) in [7, 11) is 1.74. The molecule has 0 saturated carbocycles. The standard InChI is InChI=1S/C20H36N4O3.HI/c1-6-21-19(22-13-17-8-7-9-24(17)10-11-26-5)23-14-20(4,25)18-12-15(2)27-16(18)3;/h12,17,25H,6-11,13-14H2,1-5H3,(H2,21,22,23);1H. The summed E-state index contributed by atoms with van der Waals surface area (Å²) in [6.45, 7) is 12.3. The minimum absolute atomic E-state index is 0. The smallest absolute Gasteiger partial charge is 0.191 e. The van der Waals surface area contributed by atoms with Crippen molar-refractivity contribution in [2.24, 2.45) is 4.99 Å². The second-order valence-electron chi connectivity index (χ2n) is 7.50. The van der Waals surface area contributed by atoms with Crippen LogP contribution in [0.25, 0.3) is 0 Å². The van der Waals surface area contributed by atoms with Crippen LogP contribution in [0.1, 0.15) is 43.8 Å². The Balaban J connectivity index is 0.00000392. The molecule has 1 aromatic rings. The van der Waals surface area contributed by atoms with Gasteiger partial charge in [0.15, 0.2) is 5.96 Å². The van der Waals surface area contributed by atoms with Gasteiger partial charge in [0.2, 0.25) is 0 Å². The van der Waals surface area contributed by atoms with Gasteiger partial charge in [-0.15, -0.1) is 24.0 Å². The second kappa shape index (κ2) is 12.0. The Labute approximate surface area is 186 Å². The Bertz CT molecular complexity index is 619. The Kier molecular flexibility index (Phi) is 10.8. The van der Waals surface area contributed by atoms with Crippen molar-refractivity contribution < 1.29 is 14.3 Å². The van der Waals surface area contributed by atoms with Gasteiger partial charge in [0.1, 0.15) is 17.1 Å². The highest BCUT2D eigenvalue weighted by molar-refractivity contribution is 14.0. The number of hydrogen-bond acceptors (Lipinski definition) is 5. The number of methoxy groups -OCH3 is 1. The normalized spacial score (nSPS) is 19.9. The van der Waals surface area contributed by atoms with Crippen LogP contribution in [0.3, 0.4) is 0 Å². The van der Waals surface area contributed by atoms with Crippen molar-refractivity contribution in [2.75, 3.05) is 46.4 Å². The van der Waals surface area contributed by atoms with Crippen molar-refractivity contribution in [3.63, 3.8) is 0 Å². The van der Waals surface area contributed by atoms with Gasteiger partial charge in [-0.05, 0) is 53.1 Å². The zero-order valence-corrected chi connectivity index (χ0v) is 20.2. The topological polar surface area (TPSA) is 82.3 Å². The van der Waals surface area contributed by atoms with Gasteiger partial charge in [0, 0.05) is 38.3 Å². The van der Waals surface area contributed by atoms with E-state index in [2.05, 4.69) is 20.5 Å². The summed E-state index contributed by atoms with van der Waals surface area (Å²) < 4.78 is 10.8. The quantitative estimate of drug-likeness (QED) is 0.270. The van der Waals surface area contributed by atoms with E-state index in [1.807, 2.05) is 26.8 Å². The Morgan fingerprint density at radius 1 is 1.43 bits per heavy atom. The number of rotatable bonds is 9. The summed E-state index contributed by atoms with van der Waals surface area (Å²) in [5.41, 5.74) is -0.275. The van der Waals surface area contributed by atoms with Crippen LogP contribution in [0.5, 0.6) is 0 Å². The number of nitrogens with one attached hydrogen (secondary N) is 2. The van der Waals surface area contributed by atoms with Crippen LogP contribution in [-0.2, 0) is 10.3 Å². The van der Waals surface area contributed by atoms with Crippen LogP contribution < -0.4 is 10.6 Å². The number of halogens is 1. The third-order valence-electron chi connectivity index (χ3n) is 5.10. The zero-order valence-electron chi connectivity index (χ0n) is 17.9. The van der Waals surface area contributed by atoms with Crippen LogP contribution in [0.15, 0.2) is 15.5 Å². The van der Waals surface area contributed by atoms with Gasteiger partial charge in [-0.3, -0.25) is 4.90 Å². The van der Waals surface area contributed by atoms with E-state index < -0.39 is 5.60 Å². The van der Waals surface area contributed by atoms with E-state index in [4.69, 9.17) is 9.15 Å². The fourth-order valence-electron chi connectivity index (χ4n) is 3.67. The molecular weight excluding hydrogens is 471 g/mol. The first-order chi connectivity index (χ1) is 12.9. The molecule has 1 aromatic heterocycles. The molecule has 1 saturated heterocycles. The lowest BCUT2D eigenvalue weighted by atomic mass is 9.96. The molecule has 0 amide bonds. The molecule has 0 bridgehead atoms. The van der Waals surface area contributed by atoms with Gasteiger partial charge in [0.05, 0.1) is 13.2 Å². The summed E-state index contributed by atoms with van der Waals surface area (Å²) in [5, 5.41) is 17.6. The molecule has 8 heteroatoms. The Morgan fingerprint density at radius 3 is 2.79 bits per heavy atom. The number of guanidine groups is 1. The number of furan rings is 1. The second-order valence-corrected chi connectivity index (χ2v) is 7.50. The molecule has 0 spiro atoms. The fraction of sp³-hybridized carbons (Fsp3) is 0.750. The van der Waals surface area contributed by atoms with Crippen LogP contribution in [-0.4, -0.2) is 68.4 Å². The number of aliphatic hydroxyl groups is 1. The number of hydrogen-bond donors (Lipinski definition) is 3. The van der Waals surface area contributed by atoms with Gasteiger partial charge in [-0.1, -0.05) is 0 Å². The highest BCUT2D eigenvalue weighted by atomic mass is 127. The SMILES string of the molecule is CCNC(=NCC(C)(O)c1cc(C)oc1C)NCC1CCCN1CCOC.I. The predicted octanol–water partition coefficient (Wildman–Crippen LogP) is 2.39. The molecular formula is C20H37IN4O3. The van der Waals surface area contributed by atoms with Crippen molar-refractivity contribution >= 4 is 29.9 Å². The van der Waals surface area contributed by atoms with Crippen molar-refractivity contribution in [3.05, 3.63) is 23.2 Å². The molecule has 1 fully saturated rings. The summed E-state index contributed by atoms with van der Waals surface area (Å²) in [4.78, 5) is 7.09. The number of likely N-dealkylation sites (tertiary alicyclic amines) is 1. The molecule has 1 aliphatic rings. The van der Waals surface area contributed by atoms with E-state index >= 15 is 0 Å². The third kappa shape index (κ3) is 7.20. The molecule has 162 valence electrons. The first kappa shape index (κ1) is 25.2. The molecule has 2 atom stereocenters. The average Bonchev–Trinajstić information content (AvgIpc) is 3.21. The summed E-state index contributed by atoms with van der Waals surface area (Å²) >= 11 is 0. The van der Waals surface area contributed by atoms with E-state index in [9.17, 15) is 5.11 Å². The maximum absolute atomic E-state index is 10.9. The molecule has 3 N–H and O–H groups in total. The summed E-state index contributed by atoms with van der Waals surface area (Å²) in [6, 6.07) is 2.38. The van der Waals surface area contributed by atoms with Crippen LogP contribution in [0.4, 0.5) is 0 Å².